The Morgan fingerprint density at radius 1 is 0.961 bits per heavy atom. The molecule has 1 aliphatic heterocycles. The van der Waals surface area contributed by atoms with Crippen LogP contribution in [-0.4, -0.2) is 90.5 Å². The molecule has 0 unspecified atom stereocenters. The molecule has 3 aromatic rings. The zero-order chi connectivity index (χ0) is 36.3. The molecule has 4 N–H and O–H groups in total. The Morgan fingerprint density at radius 3 is 2.49 bits per heavy atom. The van der Waals surface area contributed by atoms with Gasteiger partial charge in [-0.2, -0.15) is 0 Å². The lowest BCUT2D eigenvalue weighted by Crippen LogP contribution is -2.48. The first kappa shape index (κ1) is 37.9. The lowest BCUT2D eigenvalue weighted by atomic mass is 9.96. The minimum atomic E-state index is -0.516. The highest BCUT2D eigenvalue weighted by Gasteiger charge is 2.31. The van der Waals surface area contributed by atoms with Crippen LogP contribution in [0.25, 0.3) is 10.8 Å². The van der Waals surface area contributed by atoms with Gasteiger partial charge in [-0.1, -0.05) is 62.6 Å². The summed E-state index contributed by atoms with van der Waals surface area (Å²) in [4.78, 5) is 44.1. The van der Waals surface area contributed by atoms with Crippen LogP contribution in [0.2, 0.25) is 0 Å². The van der Waals surface area contributed by atoms with E-state index in [1.807, 2.05) is 56.3 Å². The average Bonchev–Trinajstić information content (AvgIpc) is 3.13. The maximum absolute atomic E-state index is 14.5. The number of anilines is 2. The van der Waals surface area contributed by atoms with Crippen LogP contribution in [-0.2, 0) is 4.74 Å². The number of nitrogens with one attached hydrogen (secondary N) is 3. The molecule has 0 aromatic heterocycles. The number of aliphatic hydroxyl groups is 1. The number of hydrogen-bond donors (Lipinski definition) is 4. The van der Waals surface area contributed by atoms with E-state index in [4.69, 9.17) is 9.47 Å². The van der Waals surface area contributed by atoms with E-state index < -0.39 is 6.04 Å². The van der Waals surface area contributed by atoms with Crippen LogP contribution in [0.5, 0.6) is 5.75 Å². The highest BCUT2D eigenvalue weighted by molar-refractivity contribution is 6.01. The van der Waals surface area contributed by atoms with Gasteiger partial charge in [-0.15, -0.1) is 0 Å². The Kier molecular flexibility index (Phi) is 13.5. The lowest BCUT2D eigenvalue weighted by molar-refractivity contribution is -0.0115. The molecule has 5 amide bonds. The minimum absolute atomic E-state index is 0.141. The summed E-state index contributed by atoms with van der Waals surface area (Å²) in [6.45, 7) is 6.60. The van der Waals surface area contributed by atoms with E-state index in [-0.39, 0.29) is 55.3 Å². The van der Waals surface area contributed by atoms with Gasteiger partial charge in [0, 0.05) is 49.8 Å². The number of carbonyl (C=O) groups is 3. The van der Waals surface area contributed by atoms with Crippen molar-refractivity contribution in [2.45, 2.75) is 96.4 Å². The molecule has 1 heterocycles. The number of urea groups is 2. The summed E-state index contributed by atoms with van der Waals surface area (Å²) < 4.78 is 12.8. The van der Waals surface area contributed by atoms with Crippen molar-refractivity contribution < 1.29 is 29.0 Å². The summed E-state index contributed by atoms with van der Waals surface area (Å²) >= 11 is 0. The number of amides is 5. The Balaban J connectivity index is 1.35. The van der Waals surface area contributed by atoms with Crippen LogP contribution in [0, 0.1) is 5.92 Å². The molecule has 11 heteroatoms. The number of aliphatic hydroxyl groups excluding tert-OH is 1. The average molecular weight is 702 g/mol. The first-order chi connectivity index (χ1) is 24.6. The van der Waals surface area contributed by atoms with E-state index in [1.54, 1.807) is 42.0 Å². The zero-order valence-electron chi connectivity index (χ0n) is 30.5. The molecule has 0 radical (unpaired) electrons. The third kappa shape index (κ3) is 10.4. The van der Waals surface area contributed by atoms with E-state index in [0.29, 0.717) is 30.2 Å². The SMILES string of the molecule is C[C@@H]1CN([C@@H](C)CO)C(=O)c2cc(NC(=O)NC3CCCCC3)ccc2O[C@@H](C)CCCCO[C@@H]1CN(C)C(=O)Nc1cccc2ccccc12. The summed E-state index contributed by atoms with van der Waals surface area (Å²) in [6.07, 6.45) is 7.19. The predicted molar refractivity (Wildman–Crippen MR) is 201 cm³/mol. The second-order valence-corrected chi connectivity index (χ2v) is 14.3. The van der Waals surface area contributed by atoms with Crippen LogP contribution in [0.3, 0.4) is 0 Å². The van der Waals surface area contributed by atoms with Crippen molar-refractivity contribution in [3.63, 3.8) is 0 Å². The molecule has 0 saturated heterocycles. The van der Waals surface area contributed by atoms with Gasteiger partial charge >= 0.3 is 12.1 Å². The van der Waals surface area contributed by atoms with Gasteiger partial charge in [0.1, 0.15) is 5.75 Å². The summed E-state index contributed by atoms with van der Waals surface area (Å²) in [5.74, 6) is -0.0902. The van der Waals surface area contributed by atoms with Crippen LogP contribution >= 0.6 is 0 Å². The van der Waals surface area contributed by atoms with Crippen molar-refractivity contribution in [2.75, 3.05) is 44.0 Å². The van der Waals surface area contributed by atoms with Crippen molar-refractivity contribution in [1.82, 2.24) is 15.1 Å². The normalized spacial score (nSPS) is 21.5. The van der Waals surface area contributed by atoms with Gasteiger partial charge in [0.15, 0.2) is 0 Å². The molecule has 51 heavy (non-hydrogen) atoms. The fraction of sp³-hybridized carbons (Fsp3) is 0.525. The quantitative estimate of drug-likeness (QED) is 0.205. The Labute approximate surface area is 302 Å². The van der Waals surface area contributed by atoms with Crippen molar-refractivity contribution in [1.29, 1.82) is 0 Å². The molecule has 0 spiro atoms. The summed E-state index contributed by atoms with van der Waals surface area (Å²) in [7, 11) is 1.75. The third-order valence-corrected chi connectivity index (χ3v) is 10.1. The smallest absolute Gasteiger partial charge is 0.321 e. The number of rotatable bonds is 7. The van der Waals surface area contributed by atoms with Crippen LogP contribution in [0.4, 0.5) is 21.0 Å². The predicted octanol–water partition coefficient (Wildman–Crippen LogP) is 7.25. The van der Waals surface area contributed by atoms with Gasteiger partial charge in [0.05, 0.1) is 36.1 Å². The second-order valence-electron chi connectivity index (χ2n) is 14.3. The number of fused-ring (bicyclic) bond motifs is 2. The summed E-state index contributed by atoms with van der Waals surface area (Å²) in [6, 6.07) is 18.0. The van der Waals surface area contributed by atoms with E-state index >= 15 is 0 Å². The van der Waals surface area contributed by atoms with Gasteiger partial charge in [-0.25, -0.2) is 9.59 Å². The number of nitrogens with zero attached hydrogens (tertiary/aromatic N) is 2. The first-order valence-electron chi connectivity index (χ1n) is 18.5. The minimum Gasteiger partial charge on any atom is -0.490 e. The number of carbonyl (C=O) groups excluding carboxylic acids is 3. The summed E-state index contributed by atoms with van der Waals surface area (Å²) in [5.41, 5.74) is 1.53. The summed E-state index contributed by atoms with van der Waals surface area (Å²) in [5, 5.41) is 21.3. The molecule has 4 atom stereocenters. The molecule has 1 aliphatic carbocycles. The lowest BCUT2D eigenvalue weighted by Gasteiger charge is -2.36. The van der Waals surface area contributed by atoms with E-state index in [0.717, 1.165) is 61.4 Å². The van der Waals surface area contributed by atoms with Crippen molar-refractivity contribution in [2.24, 2.45) is 5.92 Å². The van der Waals surface area contributed by atoms with Gasteiger partial charge in [0.2, 0.25) is 0 Å². The van der Waals surface area contributed by atoms with Crippen molar-refractivity contribution >= 4 is 40.1 Å². The van der Waals surface area contributed by atoms with E-state index in [9.17, 15) is 19.5 Å². The molecule has 3 aromatic carbocycles. The Morgan fingerprint density at radius 2 is 1.71 bits per heavy atom. The number of ether oxygens (including phenoxy) is 2. The molecular weight excluding hydrogens is 646 g/mol. The number of hydrogen-bond acceptors (Lipinski definition) is 6. The highest BCUT2D eigenvalue weighted by atomic mass is 16.5. The maximum Gasteiger partial charge on any atom is 0.321 e. The van der Waals surface area contributed by atoms with Crippen LogP contribution < -0.4 is 20.7 Å². The fourth-order valence-electron chi connectivity index (χ4n) is 6.96. The number of likely N-dealkylation sites (N-methyl/N-ethyl adjacent to an activating group) is 1. The molecule has 1 fully saturated rings. The standard InChI is InChI=1S/C40H55N5O6/c1-27-24-45(28(2)26-46)38(47)34-23-32(42-39(48)41-31-16-6-5-7-17-31)20-21-36(34)51-29(3)13-10-11-22-50-37(27)25-44(4)40(49)43-35-19-12-15-30-14-8-9-18-33(30)35/h8-9,12,14-15,18-21,23,27-29,31,37,46H,5-7,10-11,13,16-17,22,24-26H2,1-4H3,(H,43,49)(H2,41,42,48)/t27-,28+,29+,37-/m1/s1. The zero-order valence-corrected chi connectivity index (χ0v) is 30.5. The van der Waals surface area contributed by atoms with Gasteiger partial charge in [0.25, 0.3) is 5.91 Å². The van der Waals surface area contributed by atoms with Crippen molar-refractivity contribution in [3.8, 4) is 5.75 Å². The van der Waals surface area contributed by atoms with E-state index in [1.165, 1.54) is 6.42 Å². The van der Waals surface area contributed by atoms with Gasteiger partial charge in [-0.3, -0.25) is 4.79 Å². The topological polar surface area (TPSA) is 132 Å². The Hall–Kier alpha value is -4.35. The molecular formula is C40H55N5O6. The Bertz CT molecular complexity index is 1620. The second kappa shape index (κ2) is 18.2. The van der Waals surface area contributed by atoms with E-state index in [2.05, 4.69) is 16.0 Å². The van der Waals surface area contributed by atoms with Crippen molar-refractivity contribution in [3.05, 3.63) is 66.2 Å². The van der Waals surface area contributed by atoms with Gasteiger partial charge < -0.3 is 40.3 Å². The molecule has 5 rings (SSSR count). The highest BCUT2D eigenvalue weighted by Crippen LogP contribution is 2.29. The molecule has 0 bridgehead atoms. The molecule has 2 aliphatic rings. The largest absolute Gasteiger partial charge is 0.490 e. The molecule has 1 saturated carbocycles. The third-order valence-electron chi connectivity index (χ3n) is 10.1. The number of benzene rings is 3. The van der Waals surface area contributed by atoms with Gasteiger partial charge in [-0.05, 0) is 75.6 Å². The fourth-order valence-corrected chi connectivity index (χ4v) is 6.96. The van der Waals surface area contributed by atoms with Crippen LogP contribution in [0.15, 0.2) is 60.7 Å². The monoisotopic (exact) mass is 701 g/mol. The van der Waals surface area contributed by atoms with Crippen LogP contribution in [0.1, 0.15) is 82.5 Å². The molecule has 276 valence electrons. The molecule has 11 nitrogen and oxygen atoms in total. The first-order valence-corrected chi connectivity index (χ1v) is 18.5. The maximum atomic E-state index is 14.5.